The molecule has 5 unspecified atom stereocenters. The molecule has 0 saturated heterocycles. The first-order valence-electron chi connectivity index (χ1n) is 17.5. The van der Waals surface area contributed by atoms with Crippen molar-refractivity contribution in [3.8, 4) is 5.75 Å². The SMILES string of the molecule is Cc1ccc(C(C(=O)NC(Cc2ccccc2)C(=O)OC(C)(C)C)N(C(=O)C(Cc2ccc(O)cc2)NC(=O)OC(C)(C)C)C2CC2C)cc1C. The van der Waals surface area contributed by atoms with Gasteiger partial charge in [0.2, 0.25) is 11.8 Å². The quantitative estimate of drug-likeness (QED) is 0.184. The van der Waals surface area contributed by atoms with Crippen LogP contribution in [0.4, 0.5) is 4.79 Å². The summed E-state index contributed by atoms with van der Waals surface area (Å²) < 4.78 is 11.3. The molecule has 0 aliphatic heterocycles. The van der Waals surface area contributed by atoms with Crippen molar-refractivity contribution in [3.63, 3.8) is 0 Å². The second-order valence-corrected chi connectivity index (χ2v) is 15.6. The number of esters is 1. The monoisotopic (exact) mass is 699 g/mol. The highest BCUT2D eigenvalue weighted by molar-refractivity contribution is 5.94. The van der Waals surface area contributed by atoms with E-state index in [1.807, 2.05) is 69.3 Å². The van der Waals surface area contributed by atoms with Crippen molar-refractivity contribution in [2.75, 3.05) is 0 Å². The highest BCUT2D eigenvalue weighted by Crippen LogP contribution is 2.41. The van der Waals surface area contributed by atoms with Crippen LogP contribution in [0.2, 0.25) is 0 Å². The van der Waals surface area contributed by atoms with Gasteiger partial charge in [0.05, 0.1) is 0 Å². The Balaban J connectivity index is 1.79. The highest BCUT2D eigenvalue weighted by Gasteiger charge is 2.49. The predicted molar refractivity (Wildman–Crippen MR) is 196 cm³/mol. The van der Waals surface area contributed by atoms with Crippen LogP contribution in [0.25, 0.3) is 0 Å². The van der Waals surface area contributed by atoms with Crippen LogP contribution >= 0.6 is 0 Å². The standard InChI is InChI=1S/C41H53N3O7/c1-25-15-18-30(21-26(25)2)35(36(46)42-33(38(48)50-40(4,5)6)24-28-13-11-10-12-14-28)44(34-22-27(34)3)37(47)32(43-39(49)51-41(7,8)9)23-29-16-19-31(45)20-17-29/h10-21,27,32-35,45H,22-24H2,1-9H3,(H,42,46)(H,43,49). The van der Waals surface area contributed by atoms with Gasteiger partial charge in [-0.3, -0.25) is 9.59 Å². The van der Waals surface area contributed by atoms with Crippen molar-refractivity contribution in [3.05, 3.63) is 101 Å². The lowest BCUT2D eigenvalue weighted by atomic mass is 9.96. The molecule has 10 heteroatoms. The van der Waals surface area contributed by atoms with Crippen LogP contribution in [0.15, 0.2) is 72.8 Å². The summed E-state index contributed by atoms with van der Waals surface area (Å²) in [6.45, 7) is 16.4. The summed E-state index contributed by atoms with van der Waals surface area (Å²) in [5.74, 6) is -1.46. The molecule has 3 N–H and O–H groups in total. The number of hydrogen-bond donors (Lipinski definition) is 3. The lowest BCUT2D eigenvalue weighted by Gasteiger charge is -2.36. The number of nitrogens with zero attached hydrogens (tertiary/aromatic N) is 1. The van der Waals surface area contributed by atoms with Crippen LogP contribution in [-0.4, -0.2) is 63.2 Å². The van der Waals surface area contributed by atoms with Gasteiger partial charge in [-0.05, 0) is 108 Å². The Morgan fingerprint density at radius 2 is 1.35 bits per heavy atom. The van der Waals surface area contributed by atoms with E-state index in [1.165, 1.54) is 12.1 Å². The first-order valence-corrected chi connectivity index (χ1v) is 17.5. The van der Waals surface area contributed by atoms with E-state index < -0.39 is 53.2 Å². The Bertz CT molecular complexity index is 1690. The zero-order chi connectivity index (χ0) is 37.7. The van der Waals surface area contributed by atoms with Gasteiger partial charge in [-0.25, -0.2) is 9.59 Å². The second kappa shape index (κ2) is 16.0. The molecule has 3 aromatic rings. The molecule has 0 bridgehead atoms. The third-order valence-electron chi connectivity index (χ3n) is 8.71. The molecule has 1 aliphatic carbocycles. The maximum absolute atomic E-state index is 14.9. The molecule has 0 spiro atoms. The summed E-state index contributed by atoms with van der Waals surface area (Å²) in [6.07, 6.45) is 0.131. The number of carbonyl (C=O) groups is 4. The average Bonchev–Trinajstić information content (AvgIpc) is 3.75. The van der Waals surface area contributed by atoms with Gasteiger partial charge in [-0.1, -0.05) is 67.6 Å². The molecule has 1 fully saturated rings. The number of alkyl carbamates (subject to hydrolysis) is 1. The first kappa shape index (κ1) is 38.9. The zero-order valence-electron chi connectivity index (χ0n) is 31.3. The number of aromatic hydroxyl groups is 1. The zero-order valence-corrected chi connectivity index (χ0v) is 31.3. The maximum atomic E-state index is 14.9. The number of aryl methyl sites for hydroxylation is 2. The third-order valence-corrected chi connectivity index (χ3v) is 8.71. The van der Waals surface area contributed by atoms with Crippen LogP contribution in [0.5, 0.6) is 5.75 Å². The molecule has 5 atom stereocenters. The number of ether oxygens (including phenoxy) is 2. The second-order valence-electron chi connectivity index (χ2n) is 15.6. The highest BCUT2D eigenvalue weighted by atomic mass is 16.6. The molecular weight excluding hydrogens is 646 g/mol. The van der Waals surface area contributed by atoms with Crippen molar-refractivity contribution in [1.29, 1.82) is 0 Å². The number of hydrogen-bond acceptors (Lipinski definition) is 7. The Morgan fingerprint density at radius 1 is 0.784 bits per heavy atom. The summed E-state index contributed by atoms with van der Waals surface area (Å²) in [6, 6.07) is 17.7. The Labute approximate surface area is 301 Å². The third kappa shape index (κ3) is 11.3. The number of nitrogens with one attached hydrogen (secondary N) is 2. The van der Waals surface area contributed by atoms with Crippen LogP contribution in [-0.2, 0) is 36.7 Å². The van der Waals surface area contributed by atoms with Gasteiger partial charge in [0.25, 0.3) is 0 Å². The molecule has 274 valence electrons. The van der Waals surface area contributed by atoms with Crippen molar-refractivity contribution in [2.45, 2.75) is 117 Å². The minimum Gasteiger partial charge on any atom is -0.508 e. The van der Waals surface area contributed by atoms with Crippen LogP contribution < -0.4 is 10.6 Å². The molecule has 0 heterocycles. The van der Waals surface area contributed by atoms with E-state index in [1.54, 1.807) is 58.6 Å². The smallest absolute Gasteiger partial charge is 0.408 e. The van der Waals surface area contributed by atoms with Gasteiger partial charge in [0, 0.05) is 18.9 Å². The number of phenolic OH excluding ortho intramolecular Hbond substituents is 1. The van der Waals surface area contributed by atoms with E-state index in [0.29, 0.717) is 17.5 Å². The number of rotatable bonds is 12. The van der Waals surface area contributed by atoms with E-state index in [2.05, 4.69) is 10.6 Å². The van der Waals surface area contributed by atoms with Gasteiger partial charge < -0.3 is 30.1 Å². The van der Waals surface area contributed by atoms with Gasteiger partial charge >= 0.3 is 12.1 Å². The molecule has 3 aromatic carbocycles. The van der Waals surface area contributed by atoms with Gasteiger partial charge in [-0.15, -0.1) is 0 Å². The van der Waals surface area contributed by atoms with Crippen LogP contribution in [0.3, 0.4) is 0 Å². The fraction of sp³-hybridized carbons (Fsp3) is 0.463. The summed E-state index contributed by atoms with van der Waals surface area (Å²) >= 11 is 0. The molecule has 10 nitrogen and oxygen atoms in total. The minimum absolute atomic E-state index is 0.0664. The Kier molecular flexibility index (Phi) is 12.2. The van der Waals surface area contributed by atoms with Gasteiger partial charge in [0.1, 0.15) is 35.1 Å². The molecule has 0 radical (unpaired) electrons. The molecule has 51 heavy (non-hydrogen) atoms. The summed E-state index contributed by atoms with van der Waals surface area (Å²) in [7, 11) is 0. The van der Waals surface area contributed by atoms with Gasteiger partial charge in [-0.2, -0.15) is 0 Å². The summed E-state index contributed by atoms with van der Waals surface area (Å²) in [4.78, 5) is 58.1. The Hall–Kier alpha value is -4.86. The van der Waals surface area contributed by atoms with E-state index in [9.17, 15) is 24.3 Å². The topological polar surface area (TPSA) is 134 Å². The fourth-order valence-corrected chi connectivity index (χ4v) is 5.91. The fourth-order valence-electron chi connectivity index (χ4n) is 5.91. The van der Waals surface area contributed by atoms with E-state index in [0.717, 1.165) is 16.7 Å². The average molecular weight is 700 g/mol. The van der Waals surface area contributed by atoms with E-state index in [-0.39, 0.29) is 30.6 Å². The largest absolute Gasteiger partial charge is 0.508 e. The van der Waals surface area contributed by atoms with E-state index >= 15 is 0 Å². The van der Waals surface area contributed by atoms with Crippen LogP contribution in [0.1, 0.15) is 88.7 Å². The minimum atomic E-state index is -1.14. The van der Waals surface area contributed by atoms with E-state index in [4.69, 9.17) is 9.47 Å². The molecule has 0 aromatic heterocycles. The first-order chi connectivity index (χ1) is 23.8. The van der Waals surface area contributed by atoms with Gasteiger partial charge in [0.15, 0.2) is 0 Å². The lowest BCUT2D eigenvalue weighted by molar-refractivity contribution is -0.159. The number of benzene rings is 3. The maximum Gasteiger partial charge on any atom is 0.408 e. The normalized spacial score (nSPS) is 17.4. The van der Waals surface area contributed by atoms with Crippen molar-refractivity contribution >= 4 is 23.9 Å². The molecule has 4 rings (SSSR count). The molecular formula is C41H53N3O7. The number of phenols is 1. The number of carbonyl (C=O) groups excluding carboxylic acids is 4. The molecule has 3 amide bonds. The Morgan fingerprint density at radius 3 is 1.90 bits per heavy atom. The lowest BCUT2D eigenvalue weighted by Crippen LogP contribution is -2.56. The summed E-state index contributed by atoms with van der Waals surface area (Å²) in [5, 5.41) is 15.6. The van der Waals surface area contributed by atoms with Crippen LogP contribution in [0, 0.1) is 19.8 Å². The molecule has 1 aliphatic rings. The van der Waals surface area contributed by atoms with Crippen molar-refractivity contribution in [1.82, 2.24) is 15.5 Å². The van der Waals surface area contributed by atoms with Crippen molar-refractivity contribution in [2.24, 2.45) is 5.92 Å². The summed E-state index contributed by atoms with van der Waals surface area (Å²) in [5.41, 5.74) is 2.42. The van der Waals surface area contributed by atoms with Crippen molar-refractivity contribution < 1.29 is 33.8 Å². The number of amides is 3. The predicted octanol–water partition coefficient (Wildman–Crippen LogP) is 6.49. The molecule has 1 saturated carbocycles.